The first-order valence-corrected chi connectivity index (χ1v) is 7.99. The first kappa shape index (κ1) is 13.6. The van der Waals surface area contributed by atoms with Gasteiger partial charge in [-0.05, 0) is 12.8 Å². The maximum atomic E-state index is 12.2. The van der Waals surface area contributed by atoms with Gasteiger partial charge in [-0.2, -0.15) is 0 Å². The molecule has 2 aliphatic rings. The van der Waals surface area contributed by atoms with Gasteiger partial charge in [0.2, 0.25) is 11.8 Å². The van der Waals surface area contributed by atoms with Crippen LogP contribution in [0.5, 0.6) is 0 Å². The summed E-state index contributed by atoms with van der Waals surface area (Å²) in [5.41, 5.74) is 0.487. The van der Waals surface area contributed by atoms with Gasteiger partial charge in [-0.15, -0.1) is 11.3 Å². The highest BCUT2D eigenvalue weighted by molar-refractivity contribution is 8.02. The topological polar surface area (TPSA) is 87.6 Å². The van der Waals surface area contributed by atoms with Crippen molar-refractivity contribution in [2.45, 2.75) is 41.3 Å². The molecule has 106 valence electrons. The summed E-state index contributed by atoms with van der Waals surface area (Å²) in [6.45, 7) is 0. The maximum Gasteiger partial charge on any atom is 0.309 e. The minimum absolute atomic E-state index is 0.0997. The van der Waals surface area contributed by atoms with Crippen molar-refractivity contribution < 1.29 is 19.5 Å². The molecule has 2 fully saturated rings. The number of aliphatic carboxylic acids is 1. The molecule has 1 saturated carbocycles. The second kappa shape index (κ2) is 5.17. The standard InChI is InChI=1S/C12H12N2O4S2/c15-9-4-8(11(18)14(9)7-1-2-7)20-12-13-6(5-19-12)3-10(16)17/h5,7-8H,1-4H2,(H,16,17). The molecule has 3 rings (SSSR count). The zero-order valence-electron chi connectivity index (χ0n) is 10.4. The number of rotatable bonds is 5. The monoisotopic (exact) mass is 312 g/mol. The molecule has 1 atom stereocenters. The average Bonchev–Trinajstić information content (AvgIpc) is 3.03. The molecule has 2 amide bonds. The van der Waals surface area contributed by atoms with Crippen LogP contribution in [0, 0.1) is 0 Å². The Morgan fingerprint density at radius 3 is 2.90 bits per heavy atom. The summed E-state index contributed by atoms with van der Waals surface area (Å²) >= 11 is 2.58. The molecule has 1 N–H and O–H groups in total. The van der Waals surface area contributed by atoms with Crippen LogP contribution in [-0.2, 0) is 20.8 Å². The second-order valence-electron chi connectivity index (χ2n) is 4.82. The fourth-order valence-corrected chi connectivity index (χ4v) is 4.24. The molecule has 6 nitrogen and oxygen atoms in total. The molecule has 1 aliphatic heterocycles. The van der Waals surface area contributed by atoms with Crippen LogP contribution in [0.25, 0.3) is 0 Å². The minimum atomic E-state index is -0.932. The van der Waals surface area contributed by atoms with Crippen molar-refractivity contribution >= 4 is 40.9 Å². The van der Waals surface area contributed by atoms with Gasteiger partial charge in [0.15, 0.2) is 4.34 Å². The predicted molar refractivity (Wildman–Crippen MR) is 72.6 cm³/mol. The largest absolute Gasteiger partial charge is 0.481 e. The van der Waals surface area contributed by atoms with E-state index in [9.17, 15) is 14.4 Å². The van der Waals surface area contributed by atoms with Gasteiger partial charge in [-0.25, -0.2) is 4.98 Å². The number of carbonyl (C=O) groups is 3. The van der Waals surface area contributed by atoms with Crippen LogP contribution in [0.2, 0.25) is 0 Å². The third-order valence-corrected chi connectivity index (χ3v) is 5.37. The van der Waals surface area contributed by atoms with Crippen molar-refractivity contribution in [3.63, 3.8) is 0 Å². The number of carboxylic acid groups (broad SMARTS) is 1. The SMILES string of the molecule is O=C(O)Cc1csc(SC2CC(=O)N(C3CC3)C2=O)n1. The van der Waals surface area contributed by atoms with Gasteiger partial charge < -0.3 is 5.11 Å². The summed E-state index contributed by atoms with van der Waals surface area (Å²) in [5, 5.41) is 9.96. The van der Waals surface area contributed by atoms with Gasteiger partial charge in [0.1, 0.15) is 0 Å². The highest BCUT2D eigenvalue weighted by Gasteiger charge is 2.46. The quantitative estimate of drug-likeness (QED) is 0.821. The number of amides is 2. The lowest BCUT2D eigenvalue weighted by molar-refractivity contribution is -0.139. The zero-order chi connectivity index (χ0) is 14.3. The number of hydrogen-bond donors (Lipinski definition) is 1. The minimum Gasteiger partial charge on any atom is -0.481 e. The molecule has 1 aromatic rings. The van der Waals surface area contributed by atoms with E-state index in [1.807, 2.05) is 0 Å². The highest BCUT2D eigenvalue weighted by atomic mass is 32.2. The number of nitrogens with zero attached hydrogens (tertiary/aromatic N) is 2. The van der Waals surface area contributed by atoms with Crippen LogP contribution >= 0.6 is 23.1 Å². The molecule has 8 heteroatoms. The molecule has 0 spiro atoms. The van der Waals surface area contributed by atoms with E-state index >= 15 is 0 Å². The summed E-state index contributed by atoms with van der Waals surface area (Å²) < 4.78 is 0.644. The van der Waals surface area contributed by atoms with E-state index in [-0.39, 0.29) is 30.7 Å². The number of imide groups is 1. The van der Waals surface area contributed by atoms with Gasteiger partial charge >= 0.3 is 5.97 Å². The van der Waals surface area contributed by atoms with E-state index in [0.29, 0.717) is 10.0 Å². The van der Waals surface area contributed by atoms with Crippen molar-refractivity contribution in [3.8, 4) is 0 Å². The highest BCUT2D eigenvalue weighted by Crippen LogP contribution is 2.38. The van der Waals surface area contributed by atoms with E-state index < -0.39 is 11.2 Å². The Bertz CT molecular complexity index is 582. The Morgan fingerprint density at radius 1 is 1.50 bits per heavy atom. The smallest absolute Gasteiger partial charge is 0.309 e. The van der Waals surface area contributed by atoms with E-state index in [4.69, 9.17) is 5.11 Å². The summed E-state index contributed by atoms with van der Waals surface area (Å²) in [6.07, 6.45) is 1.92. The molecule has 0 radical (unpaired) electrons. The normalized spacial score (nSPS) is 22.6. The van der Waals surface area contributed by atoms with E-state index in [2.05, 4.69) is 4.98 Å². The Kier molecular flexibility index (Phi) is 3.51. The first-order chi connectivity index (χ1) is 9.54. The third kappa shape index (κ3) is 2.71. The Morgan fingerprint density at radius 2 is 2.25 bits per heavy atom. The fourth-order valence-electron chi connectivity index (χ4n) is 2.13. The molecule has 20 heavy (non-hydrogen) atoms. The van der Waals surface area contributed by atoms with E-state index in [1.165, 1.54) is 28.0 Å². The molecule has 1 saturated heterocycles. The van der Waals surface area contributed by atoms with Crippen molar-refractivity contribution in [2.75, 3.05) is 0 Å². The van der Waals surface area contributed by atoms with Gasteiger partial charge in [0.05, 0.1) is 17.4 Å². The van der Waals surface area contributed by atoms with Gasteiger partial charge in [0.25, 0.3) is 0 Å². The van der Waals surface area contributed by atoms with Crippen molar-refractivity contribution in [1.82, 2.24) is 9.88 Å². The predicted octanol–water partition coefficient (Wildman–Crippen LogP) is 1.15. The number of hydrogen-bond acceptors (Lipinski definition) is 6. The van der Waals surface area contributed by atoms with Crippen LogP contribution in [0.15, 0.2) is 9.72 Å². The number of thioether (sulfide) groups is 1. The van der Waals surface area contributed by atoms with Gasteiger partial charge in [-0.1, -0.05) is 11.8 Å². The van der Waals surface area contributed by atoms with Crippen molar-refractivity contribution in [3.05, 3.63) is 11.1 Å². The number of aromatic nitrogens is 1. The Hall–Kier alpha value is -1.41. The van der Waals surface area contributed by atoms with Gasteiger partial charge in [-0.3, -0.25) is 19.3 Å². The summed E-state index contributed by atoms with van der Waals surface area (Å²) in [7, 11) is 0. The van der Waals surface area contributed by atoms with Crippen molar-refractivity contribution in [1.29, 1.82) is 0 Å². The van der Waals surface area contributed by atoms with E-state index in [1.54, 1.807) is 5.38 Å². The van der Waals surface area contributed by atoms with Crippen molar-refractivity contribution in [2.24, 2.45) is 0 Å². The zero-order valence-corrected chi connectivity index (χ0v) is 12.1. The molecule has 0 bridgehead atoms. The first-order valence-electron chi connectivity index (χ1n) is 6.23. The molecular formula is C12H12N2O4S2. The van der Waals surface area contributed by atoms with Gasteiger partial charge in [0, 0.05) is 17.8 Å². The summed E-state index contributed by atoms with van der Waals surface area (Å²) in [5.74, 6) is -1.16. The van der Waals surface area contributed by atoms with Crippen LogP contribution in [-0.4, -0.2) is 44.1 Å². The second-order valence-corrected chi connectivity index (χ2v) is 7.13. The van der Waals surface area contributed by atoms with Crippen LogP contribution < -0.4 is 0 Å². The molecule has 0 aromatic carbocycles. The van der Waals surface area contributed by atoms with Crippen LogP contribution in [0.4, 0.5) is 0 Å². The number of likely N-dealkylation sites (tertiary alicyclic amines) is 1. The van der Waals surface area contributed by atoms with E-state index in [0.717, 1.165) is 12.8 Å². The molecule has 1 unspecified atom stereocenters. The Balaban J connectivity index is 1.66. The summed E-state index contributed by atoms with van der Waals surface area (Å²) in [4.78, 5) is 40.1. The summed E-state index contributed by atoms with van der Waals surface area (Å²) in [6, 6.07) is 0.111. The fraction of sp³-hybridized carbons (Fsp3) is 0.500. The number of carbonyl (C=O) groups excluding carboxylic acids is 2. The molecule has 2 heterocycles. The number of thiazole rings is 1. The third-order valence-electron chi connectivity index (χ3n) is 3.16. The lowest BCUT2D eigenvalue weighted by Crippen LogP contribution is -2.33. The number of carboxylic acids is 1. The lowest BCUT2D eigenvalue weighted by Gasteiger charge is -2.12. The molecule has 1 aliphatic carbocycles. The molecular weight excluding hydrogens is 300 g/mol. The maximum absolute atomic E-state index is 12.2. The van der Waals surface area contributed by atoms with Crippen LogP contribution in [0.3, 0.4) is 0 Å². The average molecular weight is 312 g/mol. The lowest BCUT2D eigenvalue weighted by atomic mass is 10.3. The van der Waals surface area contributed by atoms with Crippen LogP contribution in [0.1, 0.15) is 25.0 Å². The Labute approximate surface area is 123 Å². The molecule has 1 aromatic heterocycles.